The molecule has 50 heavy (non-hydrogen) atoms. The summed E-state index contributed by atoms with van der Waals surface area (Å²) in [6.07, 6.45) is 53.6. The van der Waals surface area contributed by atoms with Gasteiger partial charge in [0.1, 0.15) is 0 Å². The summed E-state index contributed by atoms with van der Waals surface area (Å²) in [6.45, 7) is 5.43. The second-order valence-corrected chi connectivity index (χ2v) is 15.4. The third-order valence-corrected chi connectivity index (χ3v) is 10.3. The summed E-state index contributed by atoms with van der Waals surface area (Å²) >= 11 is 0. The van der Waals surface area contributed by atoms with E-state index in [0.29, 0.717) is 13.2 Å². The lowest BCUT2D eigenvalue weighted by molar-refractivity contribution is -0.140. The van der Waals surface area contributed by atoms with Crippen molar-refractivity contribution in [3.05, 3.63) is 12.2 Å². The summed E-state index contributed by atoms with van der Waals surface area (Å²) in [7, 11) is 0. The molecular weight excluding hydrogens is 617 g/mol. The van der Waals surface area contributed by atoms with Crippen molar-refractivity contribution in [1.29, 1.82) is 0 Å². The van der Waals surface area contributed by atoms with E-state index < -0.39 is 11.9 Å². The van der Waals surface area contributed by atoms with Crippen molar-refractivity contribution in [2.45, 2.75) is 258 Å². The predicted molar refractivity (Wildman–Crippen MR) is 218 cm³/mol. The van der Waals surface area contributed by atoms with Crippen molar-refractivity contribution in [2.24, 2.45) is 0 Å². The maximum atomic E-state index is 11.9. The van der Waals surface area contributed by atoms with Crippen LogP contribution < -0.4 is 0 Å². The van der Waals surface area contributed by atoms with Gasteiger partial charge in [0.05, 0.1) is 13.2 Å². The molecule has 0 heterocycles. The van der Waals surface area contributed by atoms with E-state index in [0.717, 1.165) is 25.7 Å². The maximum absolute atomic E-state index is 11.9. The van der Waals surface area contributed by atoms with Crippen LogP contribution in [0.3, 0.4) is 0 Å². The molecule has 4 nitrogen and oxygen atoms in total. The fourth-order valence-corrected chi connectivity index (χ4v) is 6.94. The van der Waals surface area contributed by atoms with Gasteiger partial charge in [-0.3, -0.25) is 0 Å². The molecule has 296 valence electrons. The highest BCUT2D eigenvalue weighted by atomic mass is 16.5. The Kier molecular flexibility index (Phi) is 42.7. The molecule has 0 spiro atoms. The zero-order valence-corrected chi connectivity index (χ0v) is 34.1. The summed E-state index contributed by atoms with van der Waals surface area (Å²) in [5.41, 5.74) is 0. The molecule has 0 saturated carbocycles. The van der Waals surface area contributed by atoms with Gasteiger partial charge in [0, 0.05) is 12.2 Å². The number of carbonyl (C=O) groups excluding carboxylic acids is 2. The molecule has 0 aromatic heterocycles. The van der Waals surface area contributed by atoms with E-state index in [4.69, 9.17) is 9.47 Å². The van der Waals surface area contributed by atoms with E-state index in [1.54, 1.807) is 0 Å². The molecule has 0 N–H and O–H groups in total. The second kappa shape index (κ2) is 43.8. The van der Waals surface area contributed by atoms with Crippen LogP contribution in [0, 0.1) is 0 Å². The van der Waals surface area contributed by atoms with Gasteiger partial charge in [-0.05, 0) is 12.8 Å². The number of rotatable bonds is 42. The van der Waals surface area contributed by atoms with E-state index in [1.807, 2.05) is 0 Å². The van der Waals surface area contributed by atoms with Crippen molar-refractivity contribution >= 4 is 11.9 Å². The van der Waals surface area contributed by atoms with E-state index in [2.05, 4.69) is 13.8 Å². The van der Waals surface area contributed by atoms with Crippen molar-refractivity contribution in [3.8, 4) is 0 Å². The molecule has 0 radical (unpaired) electrons. The highest BCUT2D eigenvalue weighted by Crippen LogP contribution is 2.16. The molecule has 0 atom stereocenters. The molecule has 0 saturated heterocycles. The third kappa shape index (κ3) is 42.8. The SMILES string of the molecule is CCCCCCCCCCCCCCCCCCCCCOC(=O)/C=C/C(=O)OCCCCCCCCCCCCCCCCCCCCC. The fraction of sp³-hybridized carbons (Fsp3) is 0.913. The van der Waals surface area contributed by atoms with Gasteiger partial charge in [-0.15, -0.1) is 0 Å². The summed E-state index contributed by atoms with van der Waals surface area (Å²) in [5, 5.41) is 0. The van der Waals surface area contributed by atoms with Gasteiger partial charge in [-0.25, -0.2) is 9.59 Å². The van der Waals surface area contributed by atoms with Gasteiger partial charge in [0.2, 0.25) is 0 Å². The molecular formula is C46H88O4. The summed E-state index contributed by atoms with van der Waals surface area (Å²) in [5.74, 6) is -0.902. The number of esters is 2. The molecule has 4 heteroatoms. The number of ether oxygens (including phenoxy) is 2. The molecule has 0 amide bonds. The van der Waals surface area contributed by atoms with Crippen LogP contribution in [0.4, 0.5) is 0 Å². The number of unbranched alkanes of at least 4 members (excludes halogenated alkanes) is 36. The zero-order valence-electron chi connectivity index (χ0n) is 34.1. The first-order valence-corrected chi connectivity index (χ1v) is 22.7. The van der Waals surface area contributed by atoms with Crippen LogP contribution in [0.1, 0.15) is 258 Å². The minimum absolute atomic E-state index is 0.427. The van der Waals surface area contributed by atoms with Crippen LogP contribution in [0.2, 0.25) is 0 Å². The average Bonchev–Trinajstić information content (AvgIpc) is 3.12. The van der Waals surface area contributed by atoms with E-state index >= 15 is 0 Å². The Labute approximate surface area is 313 Å². The van der Waals surface area contributed by atoms with Crippen molar-refractivity contribution < 1.29 is 19.1 Å². The van der Waals surface area contributed by atoms with E-state index in [1.165, 1.54) is 230 Å². The average molecular weight is 705 g/mol. The van der Waals surface area contributed by atoms with Crippen LogP contribution in [0.25, 0.3) is 0 Å². The van der Waals surface area contributed by atoms with E-state index in [9.17, 15) is 9.59 Å². The van der Waals surface area contributed by atoms with Crippen molar-refractivity contribution in [2.75, 3.05) is 13.2 Å². The first kappa shape index (κ1) is 48.7. The van der Waals surface area contributed by atoms with Gasteiger partial charge in [0.15, 0.2) is 0 Å². The molecule has 0 aromatic carbocycles. The lowest BCUT2D eigenvalue weighted by Crippen LogP contribution is -2.06. The van der Waals surface area contributed by atoms with Crippen molar-refractivity contribution in [1.82, 2.24) is 0 Å². The largest absolute Gasteiger partial charge is 0.463 e. The molecule has 0 fully saturated rings. The quantitative estimate of drug-likeness (QED) is 0.0360. The second-order valence-electron chi connectivity index (χ2n) is 15.4. The molecule has 0 aliphatic carbocycles. The minimum Gasteiger partial charge on any atom is -0.463 e. The van der Waals surface area contributed by atoms with Gasteiger partial charge in [0.25, 0.3) is 0 Å². The summed E-state index contributed by atoms with van der Waals surface area (Å²) < 4.78 is 10.5. The lowest BCUT2D eigenvalue weighted by Gasteiger charge is -2.05. The fourth-order valence-electron chi connectivity index (χ4n) is 6.94. The molecule has 0 aliphatic heterocycles. The minimum atomic E-state index is -0.451. The van der Waals surface area contributed by atoms with Gasteiger partial charge in [-0.2, -0.15) is 0 Å². The Morgan fingerprint density at radius 1 is 0.280 bits per heavy atom. The smallest absolute Gasteiger partial charge is 0.331 e. The third-order valence-electron chi connectivity index (χ3n) is 10.3. The normalized spacial score (nSPS) is 11.5. The Morgan fingerprint density at radius 2 is 0.440 bits per heavy atom. The monoisotopic (exact) mass is 705 g/mol. The lowest BCUT2D eigenvalue weighted by atomic mass is 10.0. The van der Waals surface area contributed by atoms with Crippen LogP contribution in [0.5, 0.6) is 0 Å². The number of carbonyl (C=O) groups is 2. The zero-order chi connectivity index (χ0) is 36.3. The standard InChI is InChI=1S/C46H88O4/c1-3-5-7-9-11-13-15-17-19-21-23-25-27-29-31-33-35-37-39-43-49-45(47)41-42-46(48)50-44-40-38-36-34-32-30-28-26-24-22-20-18-16-14-12-10-8-6-4-2/h41-42H,3-40,43-44H2,1-2H3/b42-41+. The first-order chi connectivity index (χ1) is 24.7. The van der Waals surface area contributed by atoms with Gasteiger partial charge >= 0.3 is 11.9 Å². The van der Waals surface area contributed by atoms with Crippen LogP contribution in [-0.4, -0.2) is 25.2 Å². The molecule has 0 aliphatic rings. The Hall–Kier alpha value is -1.32. The van der Waals surface area contributed by atoms with Crippen LogP contribution in [-0.2, 0) is 19.1 Å². The molecule has 0 bridgehead atoms. The predicted octanol–water partition coefficient (Wildman–Crippen LogP) is 15.5. The number of hydrogen-bond acceptors (Lipinski definition) is 4. The molecule has 0 unspecified atom stereocenters. The number of hydrogen-bond donors (Lipinski definition) is 0. The first-order valence-electron chi connectivity index (χ1n) is 22.7. The topological polar surface area (TPSA) is 52.6 Å². The van der Waals surface area contributed by atoms with Crippen LogP contribution in [0.15, 0.2) is 12.2 Å². The Bertz CT molecular complexity index is 644. The highest BCUT2D eigenvalue weighted by Gasteiger charge is 2.02. The van der Waals surface area contributed by atoms with Gasteiger partial charge < -0.3 is 9.47 Å². The molecule has 0 aromatic rings. The Morgan fingerprint density at radius 3 is 0.620 bits per heavy atom. The van der Waals surface area contributed by atoms with Crippen LogP contribution >= 0.6 is 0 Å². The van der Waals surface area contributed by atoms with E-state index in [-0.39, 0.29) is 0 Å². The van der Waals surface area contributed by atoms with Crippen molar-refractivity contribution in [3.63, 3.8) is 0 Å². The summed E-state index contributed by atoms with van der Waals surface area (Å²) in [6, 6.07) is 0. The highest BCUT2D eigenvalue weighted by molar-refractivity contribution is 5.91. The Balaban J connectivity index is 3.30. The molecule has 0 rings (SSSR count). The maximum Gasteiger partial charge on any atom is 0.331 e. The summed E-state index contributed by atoms with van der Waals surface area (Å²) in [4.78, 5) is 23.8. The van der Waals surface area contributed by atoms with Gasteiger partial charge in [-0.1, -0.05) is 245 Å².